The molecule has 0 aliphatic carbocycles. The van der Waals surface area contributed by atoms with Crippen molar-refractivity contribution in [2.75, 3.05) is 32.5 Å². The lowest BCUT2D eigenvalue weighted by molar-refractivity contribution is -0.146. The first-order valence-corrected chi connectivity index (χ1v) is 13.1. The summed E-state index contributed by atoms with van der Waals surface area (Å²) in [4.78, 5) is 19.9. The first kappa shape index (κ1) is 25.5. The number of methoxy groups -OCH3 is 1. The molecule has 186 valence electrons. The Morgan fingerprint density at radius 2 is 2.14 bits per heavy atom. The second-order valence-electron chi connectivity index (χ2n) is 9.29. The van der Waals surface area contributed by atoms with E-state index in [4.69, 9.17) is 4.74 Å². The maximum atomic E-state index is 15.4. The predicted octanol–water partition coefficient (Wildman–Crippen LogP) is 6.16. The molecule has 1 aromatic heterocycles. The van der Waals surface area contributed by atoms with Crippen molar-refractivity contribution in [2.24, 2.45) is 11.8 Å². The van der Waals surface area contributed by atoms with Gasteiger partial charge >= 0.3 is 5.97 Å². The van der Waals surface area contributed by atoms with Crippen LogP contribution in [0.1, 0.15) is 36.6 Å². The van der Waals surface area contributed by atoms with Crippen LogP contribution >= 0.6 is 11.8 Å². The van der Waals surface area contributed by atoms with Crippen LogP contribution in [0, 0.1) is 18.8 Å². The molecule has 0 radical (unpaired) electrons. The van der Waals surface area contributed by atoms with Crippen LogP contribution in [0.3, 0.4) is 0 Å². The minimum atomic E-state index is -1.18. The monoisotopic (exact) mass is 496 g/mol. The summed E-state index contributed by atoms with van der Waals surface area (Å²) in [6, 6.07) is 15.6. The number of ether oxygens (including phenoxy) is 1. The average Bonchev–Trinajstić information content (AvgIpc) is 2.87. The molecule has 1 aliphatic rings. The van der Waals surface area contributed by atoms with Crippen LogP contribution in [0.15, 0.2) is 59.6 Å². The molecule has 3 aromatic rings. The summed E-state index contributed by atoms with van der Waals surface area (Å²) < 4.78 is 20.7. The summed E-state index contributed by atoms with van der Waals surface area (Å²) in [6.45, 7) is 4.32. The molecule has 7 heteroatoms. The number of carboxylic acids is 1. The molecule has 1 fully saturated rings. The number of fused-ring (bicyclic) bond motifs is 1. The summed E-state index contributed by atoms with van der Waals surface area (Å²) in [6.07, 6.45) is 2.09. The molecule has 1 N–H and O–H groups in total. The lowest BCUT2D eigenvalue weighted by Gasteiger charge is -2.36. The number of piperidine rings is 1. The average molecular weight is 497 g/mol. The van der Waals surface area contributed by atoms with Gasteiger partial charge in [0.1, 0.15) is 11.9 Å². The van der Waals surface area contributed by atoms with E-state index in [9.17, 15) is 9.90 Å². The Bertz CT molecular complexity index is 1160. The zero-order chi connectivity index (χ0) is 24.8. The quantitative estimate of drug-likeness (QED) is 0.339. The number of carbonyl (C=O) groups is 1. The van der Waals surface area contributed by atoms with Gasteiger partial charge in [-0.05, 0) is 80.6 Å². The number of likely N-dealkylation sites (tertiary alicyclic amines) is 1. The molecular weight excluding hydrogens is 463 g/mol. The highest BCUT2D eigenvalue weighted by Gasteiger charge is 2.34. The molecule has 4 rings (SSSR count). The van der Waals surface area contributed by atoms with Gasteiger partial charge in [-0.2, -0.15) is 0 Å². The number of aryl methyl sites for hydroxylation is 1. The zero-order valence-corrected chi connectivity index (χ0v) is 21.1. The number of benzene rings is 2. The van der Waals surface area contributed by atoms with E-state index in [1.54, 1.807) is 31.1 Å². The first-order chi connectivity index (χ1) is 16.9. The van der Waals surface area contributed by atoms with Crippen molar-refractivity contribution in [1.82, 2.24) is 9.88 Å². The number of hydrogen-bond donors (Lipinski definition) is 1. The molecule has 5 nitrogen and oxygen atoms in total. The van der Waals surface area contributed by atoms with Gasteiger partial charge < -0.3 is 14.7 Å². The maximum Gasteiger partial charge on any atom is 0.308 e. The van der Waals surface area contributed by atoms with Crippen LogP contribution in [-0.2, 0) is 4.79 Å². The summed E-state index contributed by atoms with van der Waals surface area (Å²) in [7, 11) is 1.59. The molecule has 3 atom stereocenters. The molecule has 0 spiro atoms. The number of nitrogens with zero attached hydrogens (tertiary/aromatic N) is 2. The molecule has 0 unspecified atom stereocenters. The smallest absolute Gasteiger partial charge is 0.308 e. The Balaban J connectivity index is 1.33. The first-order valence-electron chi connectivity index (χ1n) is 12.2. The van der Waals surface area contributed by atoms with E-state index in [1.165, 1.54) is 10.5 Å². The molecule has 0 amide bonds. The number of carboxylic acid groups (broad SMARTS) is 1. The Morgan fingerprint density at radius 1 is 1.29 bits per heavy atom. The molecule has 0 bridgehead atoms. The van der Waals surface area contributed by atoms with Crippen LogP contribution < -0.4 is 4.74 Å². The Labute approximate surface area is 210 Å². The summed E-state index contributed by atoms with van der Waals surface area (Å²) in [5.41, 5.74) is 2.56. The highest BCUT2D eigenvalue weighted by molar-refractivity contribution is 7.99. The van der Waals surface area contributed by atoms with Crippen LogP contribution in [0.2, 0.25) is 0 Å². The van der Waals surface area contributed by atoms with E-state index in [1.807, 2.05) is 18.2 Å². The topological polar surface area (TPSA) is 62.7 Å². The number of aromatic nitrogens is 1. The van der Waals surface area contributed by atoms with E-state index in [0.29, 0.717) is 30.7 Å². The normalized spacial score (nSPS) is 19.5. The lowest BCUT2D eigenvalue weighted by Crippen LogP contribution is -2.44. The third-order valence-corrected chi connectivity index (χ3v) is 7.91. The molecule has 1 saturated heterocycles. The van der Waals surface area contributed by atoms with E-state index in [-0.39, 0.29) is 5.92 Å². The number of thioether (sulfide) groups is 1. The second-order valence-corrected chi connectivity index (χ2v) is 10.5. The summed E-state index contributed by atoms with van der Waals surface area (Å²) in [5, 5.41) is 10.6. The Hall–Kier alpha value is -2.64. The van der Waals surface area contributed by atoms with Crippen molar-refractivity contribution in [1.29, 1.82) is 0 Å². The van der Waals surface area contributed by atoms with Gasteiger partial charge in [-0.1, -0.05) is 17.7 Å². The molecular formula is C28H33FN2O3S. The van der Waals surface area contributed by atoms with Gasteiger partial charge in [-0.15, -0.1) is 11.8 Å². The minimum absolute atomic E-state index is 0.0194. The van der Waals surface area contributed by atoms with Gasteiger partial charge in [0.25, 0.3) is 0 Å². The minimum Gasteiger partial charge on any atom is -0.497 e. The standard InChI is InChI=1S/C28H33FN2O3S/c1-19-4-3-5-22(16-19)35-15-14-31-13-11-20(25(18-31)28(32)33)6-8-26(29)23-10-12-30-27-9-7-21(34-2)17-24(23)27/h3-5,7,9-10,12,16-17,20,25-26H,6,8,11,13-15,18H2,1-2H3,(H,32,33)/t20-,25+,26-/m1/s1. The molecule has 2 heterocycles. The van der Waals surface area contributed by atoms with Gasteiger partial charge in [0.2, 0.25) is 0 Å². The van der Waals surface area contributed by atoms with Crippen LogP contribution in [0.25, 0.3) is 10.9 Å². The summed E-state index contributed by atoms with van der Waals surface area (Å²) in [5.74, 6) is 0.327. The number of hydrogen-bond acceptors (Lipinski definition) is 5. The van der Waals surface area contributed by atoms with Crippen molar-refractivity contribution in [2.45, 2.75) is 37.3 Å². The fourth-order valence-corrected chi connectivity index (χ4v) is 5.99. The third-order valence-electron chi connectivity index (χ3n) is 6.93. The van der Waals surface area contributed by atoms with Crippen molar-refractivity contribution in [3.05, 3.63) is 65.9 Å². The second kappa shape index (κ2) is 11.9. The van der Waals surface area contributed by atoms with Gasteiger partial charge in [0.05, 0.1) is 18.5 Å². The van der Waals surface area contributed by atoms with Gasteiger partial charge in [0, 0.05) is 35.3 Å². The van der Waals surface area contributed by atoms with Crippen molar-refractivity contribution < 1.29 is 19.0 Å². The van der Waals surface area contributed by atoms with Crippen molar-refractivity contribution >= 4 is 28.6 Å². The van der Waals surface area contributed by atoms with E-state index >= 15 is 4.39 Å². The number of alkyl halides is 1. The largest absolute Gasteiger partial charge is 0.497 e. The SMILES string of the molecule is COc1ccc2nccc([C@H](F)CC[C@@H]3CCN(CCSc4cccc(C)c4)C[C@@H]3C(=O)O)c2c1. The highest BCUT2D eigenvalue weighted by Crippen LogP contribution is 2.35. The highest BCUT2D eigenvalue weighted by atomic mass is 32.2. The predicted molar refractivity (Wildman–Crippen MR) is 139 cm³/mol. The Morgan fingerprint density at radius 3 is 2.91 bits per heavy atom. The third kappa shape index (κ3) is 6.53. The van der Waals surface area contributed by atoms with Crippen LogP contribution in [0.5, 0.6) is 5.75 Å². The maximum absolute atomic E-state index is 15.4. The molecule has 0 saturated carbocycles. The fourth-order valence-electron chi connectivity index (χ4n) is 4.96. The lowest BCUT2D eigenvalue weighted by atomic mass is 9.81. The molecule has 35 heavy (non-hydrogen) atoms. The van der Waals surface area contributed by atoms with E-state index in [0.717, 1.165) is 36.2 Å². The van der Waals surface area contributed by atoms with Crippen molar-refractivity contribution in [3.63, 3.8) is 0 Å². The van der Waals surface area contributed by atoms with Gasteiger partial charge in [0.15, 0.2) is 0 Å². The molecule has 2 aromatic carbocycles. The van der Waals surface area contributed by atoms with E-state index < -0.39 is 18.1 Å². The Kier molecular flexibility index (Phi) is 8.63. The van der Waals surface area contributed by atoms with Gasteiger partial charge in [-0.25, -0.2) is 4.39 Å². The summed E-state index contributed by atoms with van der Waals surface area (Å²) >= 11 is 1.80. The fraction of sp³-hybridized carbons (Fsp3) is 0.429. The van der Waals surface area contributed by atoms with Crippen LogP contribution in [0.4, 0.5) is 4.39 Å². The van der Waals surface area contributed by atoms with Crippen molar-refractivity contribution in [3.8, 4) is 5.75 Å². The zero-order valence-electron chi connectivity index (χ0n) is 20.3. The van der Waals surface area contributed by atoms with E-state index in [2.05, 4.69) is 41.1 Å². The number of pyridine rings is 1. The molecule has 1 aliphatic heterocycles. The number of aliphatic carboxylic acids is 1. The van der Waals surface area contributed by atoms with Gasteiger partial charge in [-0.3, -0.25) is 9.78 Å². The number of halogens is 1. The number of rotatable bonds is 10. The van der Waals surface area contributed by atoms with Crippen LogP contribution in [-0.4, -0.2) is 53.5 Å².